The Hall–Kier alpha value is -2.63. The molecule has 0 amide bonds. The van der Waals surface area contributed by atoms with Gasteiger partial charge in [0.05, 0.1) is 18.2 Å². The summed E-state index contributed by atoms with van der Waals surface area (Å²) in [5.41, 5.74) is 1.60. The van der Waals surface area contributed by atoms with Gasteiger partial charge in [-0.25, -0.2) is 14.4 Å². The van der Waals surface area contributed by atoms with Crippen LogP contribution in [-0.2, 0) is 0 Å². The molecule has 0 unspecified atom stereocenters. The van der Waals surface area contributed by atoms with Gasteiger partial charge in [-0.05, 0) is 24.3 Å². The van der Waals surface area contributed by atoms with Gasteiger partial charge >= 0.3 is 0 Å². The van der Waals surface area contributed by atoms with Crippen molar-refractivity contribution in [2.24, 2.45) is 0 Å². The maximum atomic E-state index is 14.1. The molecule has 0 saturated carbocycles. The second kappa shape index (κ2) is 5.05. The second-order valence-corrected chi connectivity index (χ2v) is 4.84. The number of H-pyrrole nitrogens is 1. The lowest BCUT2D eigenvalue weighted by molar-refractivity contribution is 0.413. The normalized spacial score (nSPS) is 10.9. The fourth-order valence-corrected chi connectivity index (χ4v) is 2.15. The number of rotatable bonds is 3. The summed E-state index contributed by atoms with van der Waals surface area (Å²) in [5.74, 6) is 1.24. The topological polar surface area (TPSA) is 54.0 Å². The van der Waals surface area contributed by atoms with E-state index in [4.69, 9.17) is 4.74 Å². The number of anilines is 1. The van der Waals surface area contributed by atoms with Crippen molar-refractivity contribution < 1.29 is 9.13 Å². The number of nitrogens with one attached hydrogen (secondary N) is 1. The van der Waals surface area contributed by atoms with Crippen molar-refractivity contribution in [3.05, 3.63) is 36.1 Å². The number of aromatic nitrogens is 3. The first-order chi connectivity index (χ1) is 10.1. The van der Waals surface area contributed by atoms with Gasteiger partial charge in [-0.3, -0.25) is 0 Å². The van der Waals surface area contributed by atoms with Crippen LogP contribution in [0.2, 0.25) is 0 Å². The molecule has 0 bridgehead atoms. The molecule has 0 spiro atoms. The second-order valence-electron chi connectivity index (χ2n) is 4.84. The van der Waals surface area contributed by atoms with Crippen molar-refractivity contribution in [2.75, 3.05) is 26.1 Å². The number of hydrogen-bond acceptors (Lipinski definition) is 4. The van der Waals surface area contributed by atoms with E-state index in [9.17, 15) is 4.39 Å². The van der Waals surface area contributed by atoms with Crippen molar-refractivity contribution in [1.82, 2.24) is 15.0 Å². The predicted molar refractivity (Wildman–Crippen MR) is 80.2 cm³/mol. The van der Waals surface area contributed by atoms with Gasteiger partial charge in [-0.15, -0.1) is 0 Å². The van der Waals surface area contributed by atoms with Crippen LogP contribution in [0.15, 0.2) is 30.3 Å². The largest absolute Gasteiger partial charge is 0.496 e. The van der Waals surface area contributed by atoms with E-state index in [1.807, 2.05) is 31.1 Å². The van der Waals surface area contributed by atoms with Gasteiger partial charge in [0.2, 0.25) is 0 Å². The van der Waals surface area contributed by atoms with Crippen LogP contribution in [0.25, 0.3) is 22.6 Å². The number of ether oxygens (including phenoxy) is 1. The van der Waals surface area contributed by atoms with Gasteiger partial charge in [0.15, 0.2) is 5.65 Å². The average molecular weight is 286 g/mol. The third kappa shape index (κ3) is 2.29. The average Bonchev–Trinajstić information content (AvgIpc) is 2.88. The third-order valence-electron chi connectivity index (χ3n) is 3.22. The molecule has 1 N–H and O–H groups in total. The molecule has 0 aliphatic heterocycles. The highest BCUT2D eigenvalue weighted by atomic mass is 19.1. The number of imidazole rings is 1. The number of methoxy groups -OCH3 is 1. The molecular weight excluding hydrogens is 271 g/mol. The van der Waals surface area contributed by atoms with Crippen LogP contribution < -0.4 is 9.64 Å². The zero-order valence-corrected chi connectivity index (χ0v) is 12.0. The zero-order chi connectivity index (χ0) is 15.0. The number of pyridine rings is 1. The van der Waals surface area contributed by atoms with E-state index >= 15 is 0 Å². The van der Waals surface area contributed by atoms with Crippen LogP contribution in [0.4, 0.5) is 10.2 Å². The zero-order valence-electron chi connectivity index (χ0n) is 12.0. The minimum Gasteiger partial charge on any atom is -0.496 e. The Morgan fingerprint density at radius 1 is 1.14 bits per heavy atom. The van der Waals surface area contributed by atoms with Crippen molar-refractivity contribution in [2.45, 2.75) is 0 Å². The van der Waals surface area contributed by atoms with Crippen LogP contribution in [0.3, 0.4) is 0 Å². The highest BCUT2D eigenvalue weighted by molar-refractivity contribution is 5.79. The lowest BCUT2D eigenvalue weighted by Gasteiger charge is -2.09. The summed E-state index contributed by atoms with van der Waals surface area (Å²) in [7, 11) is 5.31. The summed E-state index contributed by atoms with van der Waals surface area (Å²) in [6.07, 6.45) is 0. The van der Waals surface area contributed by atoms with Crippen molar-refractivity contribution in [3.8, 4) is 17.1 Å². The smallest absolute Gasteiger partial charge is 0.180 e. The fourth-order valence-electron chi connectivity index (χ4n) is 2.15. The van der Waals surface area contributed by atoms with Crippen LogP contribution in [-0.4, -0.2) is 36.2 Å². The molecule has 0 atom stereocenters. The number of halogens is 1. The van der Waals surface area contributed by atoms with E-state index in [0.29, 0.717) is 22.8 Å². The Kier molecular flexibility index (Phi) is 3.21. The summed E-state index contributed by atoms with van der Waals surface area (Å²) >= 11 is 0. The molecule has 0 radical (unpaired) electrons. The number of nitrogens with zero attached hydrogens (tertiary/aromatic N) is 3. The molecule has 2 heterocycles. The molecule has 0 saturated heterocycles. The molecule has 21 heavy (non-hydrogen) atoms. The van der Waals surface area contributed by atoms with Gasteiger partial charge in [0.1, 0.15) is 23.2 Å². The van der Waals surface area contributed by atoms with E-state index in [1.54, 1.807) is 12.1 Å². The summed E-state index contributed by atoms with van der Waals surface area (Å²) < 4.78 is 19.3. The van der Waals surface area contributed by atoms with E-state index in [1.165, 1.54) is 13.2 Å². The SMILES string of the molecule is COc1cccc(F)c1-c1nc2nc(N(C)C)ccc2[nH]1. The molecular formula is C15H15FN4O. The Balaban J connectivity index is 2.18. The monoisotopic (exact) mass is 286 g/mol. The quantitative estimate of drug-likeness (QED) is 0.804. The minimum absolute atomic E-state index is 0.310. The summed E-state index contributed by atoms with van der Waals surface area (Å²) in [6.45, 7) is 0. The van der Waals surface area contributed by atoms with E-state index < -0.39 is 0 Å². The molecule has 6 heteroatoms. The maximum Gasteiger partial charge on any atom is 0.180 e. The van der Waals surface area contributed by atoms with Crippen molar-refractivity contribution in [3.63, 3.8) is 0 Å². The summed E-state index contributed by atoms with van der Waals surface area (Å²) in [4.78, 5) is 13.8. The van der Waals surface area contributed by atoms with Crippen molar-refractivity contribution >= 4 is 17.0 Å². The first-order valence-corrected chi connectivity index (χ1v) is 6.47. The first-order valence-electron chi connectivity index (χ1n) is 6.47. The molecule has 3 rings (SSSR count). The lowest BCUT2D eigenvalue weighted by Crippen LogP contribution is -2.10. The van der Waals surface area contributed by atoms with Crippen LogP contribution >= 0.6 is 0 Å². The van der Waals surface area contributed by atoms with Gasteiger partial charge < -0.3 is 14.6 Å². The number of benzene rings is 1. The van der Waals surface area contributed by atoms with Gasteiger partial charge in [0, 0.05) is 14.1 Å². The molecule has 5 nitrogen and oxygen atoms in total. The molecule has 0 fully saturated rings. The molecule has 3 aromatic rings. The predicted octanol–water partition coefficient (Wildman–Crippen LogP) is 2.84. The lowest BCUT2D eigenvalue weighted by atomic mass is 10.2. The third-order valence-corrected chi connectivity index (χ3v) is 3.22. The van der Waals surface area contributed by atoms with Gasteiger partial charge in [0.25, 0.3) is 0 Å². The molecule has 0 aliphatic rings. The van der Waals surface area contributed by atoms with Gasteiger partial charge in [-0.1, -0.05) is 6.07 Å². The Labute approximate surface area is 121 Å². The van der Waals surface area contributed by atoms with Crippen LogP contribution in [0.1, 0.15) is 0 Å². The highest BCUT2D eigenvalue weighted by Gasteiger charge is 2.16. The number of fused-ring (bicyclic) bond motifs is 1. The molecule has 1 aromatic carbocycles. The van der Waals surface area contributed by atoms with E-state index in [-0.39, 0.29) is 5.82 Å². The number of aromatic amines is 1. The fraction of sp³-hybridized carbons (Fsp3) is 0.200. The molecule has 2 aromatic heterocycles. The highest BCUT2D eigenvalue weighted by Crippen LogP contribution is 2.31. The molecule has 108 valence electrons. The summed E-state index contributed by atoms with van der Waals surface area (Å²) in [5, 5.41) is 0. The van der Waals surface area contributed by atoms with E-state index in [0.717, 1.165) is 11.3 Å². The Bertz CT molecular complexity index is 797. The summed E-state index contributed by atoms with van der Waals surface area (Å²) in [6, 6.07) is 8.43. The van der Waals surface area contributed by atoms with E-state index in [2.05, 4.69) is 15.0 Å². The first kappa shape index (κ1) is 13.4. The number of hydrogen-bond donors (Lipinski definition) is 1. The molecule has 0 aliphatic carbocycles. The van der Waals surface area contributed by atoms with Gasteiger partial charge in [-0.2, -0.15) is 0 Å². The minimum atomic E-state index is -0.388. The van der Waals surface area contributed by atoms with Crippen LogP contribution in [0, 0.1) is 5.82 Å². The van der Waals surface area contributed by atoms with Crippen LogP contribution in [0.5, 0.6) is 5.75 Å². The standard InChI is InChI=1S/C15H15FN4O/c1-20(2)12-8-7-10-14(18-12)19-15(17-10)13-9(16)5-4-6-11(13)21-3/h4-8H,1-3H3,(H,17,18,19). The Morgan fingerprint density at radius 3 is 2.67 bits per heavy atom. The Morgan fingerprint density at radius 2 is 1.95 bits per heavy atom. The maximum absolute atomic E-state index is 14.1. The van der Waals surface area contributed by atoms with Crippen molar-refractivity contribution in [1.29, 1.82) is 0 Å².